The van der Waals surface area contributed by atoms with Gasteiger partial charge in [-0.1, -0.05) is 25.1 Å². The van der Waals surface area contributed by atoms with Crippen molar-refractivity contribution in [2.24, 2.45) is 0 Å². The van der Waals surface area contributed by atoms with Gasteiger partial charge in [0.15, 0.2) is 0 Å². The minimum Gasteiger partial charge on any atom is -0.378 e. The summed E-state index contributed by atoms with van der Waals surface area (Å²) in [5.74, 6) is -2.03. The smallest absolute Gasteiger partial charge is 0.264 e. The number of aromatic nitrogens is 2. The van der Waals surface area contributed by atoms with Gasteiger partial charge in [-0.05, 0) is 61.6 Å². The van der Waals surface area contributed by atoms with E-state index in [4.69, 9.17) is 0 Å². The number of anilines is 2. The maximum Gasteiger partial charge on any atom is 0.264 e. The molecule has 2 atom stereocenters. The maximum absolute atomic E-state index is 13.5. The Hall–Kier alpha value is -4.18. The molecule has 41 heavy (non-hydrogen) atoms. The predicted molar refractivity (Wildman–Crippen MR) is 156 cm³/mol. The second-order valence-electron chi connectivity index (χ2n) is 10.6. The first-order chi connectivity index (χ1) is 19.4. The van der Waals surface area contributed by atoms with Gasteiger partial charge in [0.2, 0.25) is 11.8 Å². The van der Waals surface area contributed by atoms with Gasteiger partial charge < -0.3 is 10.2 Å². The predicted octanol–water partition coefficient (Wildman–Crippen LogP) is 4.11. The molecule has 1 aromatic heterocycles. The van der Waals surface area contributed by atoms with Crippen LogP contribution >= 0.6 is 12.4 Å². The van der Waals surface area contributed by atoms with Crippen LogP contribution in [0.2, 0.25) is 0 Å². The summed E-state index contributed by atoms with van der Waals surface area (Å²) in [6, 6.07) is 15.0. The zero-order chi connectivity index (χ0) is 27.8. The molecule has 2 aromatic carbocycles. The highest BCUT2D eigenvalue weighted by atomic mass is 35.5. The number of carbonyl (C=O) groups is 4. The molecule has 6 rings (SSSR count). The second kappa shape index (κ2) is 11.7. The molecule has 4 heterocycles. The number of fused-ring (bicyclic) bond motifs is 1. The molecule has 2 saturated heterocycles. The summed E-state index contributed by atoms with van der Waals surface area (Å²) in [5.41, 5.74) is 3.35. The Balaban J connectivity index is 0.00000337. The third-order valence-electron chi connectivity index (χ3n) is 8.23. The minimum atomic E-state index is -0.989. The highest BCUT2D eigenvalue weighted by Gasteiger charge is 2.45. The van der Waals surface area contributed by atoms with Gasteiger partial charge in [-0.3, -0.25) is 34.1 Å². The minimum absolute atomic E-state index is 0. The Morgan fingerprint density at radius 2 is 1.73 bits per heavy atom. The summed E-state index contributed by atoms with van der Waals surface area (Å²) in [5, 5.41) is 10.1. The largest absolute Gasteiger partial charge is 0.378 e. The number of rotatable bonds is 7. The fourth-order valence-electron chi connectivity index (χ4n) is 6.05. The molecule has 0 aliphatic carbocycles. The Bertz CT molecular complexity index is 1450. The van der Waals surface area contributed by atoms with Crippen molar-refractivity contribution in [1.29, 1.82) is 0 Å². The fraction of sp³-hybridized carbons (Fsp3) is 0.367. The van der Waals surface area contributed by atoms with Crippen molar-refractivity contribution in [2.45, 2.75) is 57.2 Å². The molecule has 3 aliphatic heterocycles. The number of piperidine rings is 2. The van der Waals surface area contributed by atoms with Gasteiger partial charge in [0.25, 0.3) is 11.8 Å². The van der Waals surface area contributed by atoms with Gasteiger partial charge in [-0.2, -0.15) is 5.10 Å². The molecule has 3 aliphatic rings. The van der Waals surface area contributed by atoms with E-state index in [1.165, 1.54) is 5.69 Å². The number of carbonyl (C=O) groups excluding carboxylic acids is 4. The van der Waals surface area contributed by atoms with Crippen molar-refractivity contribution in [3.63, 3.8) is 0 Å². The van der Waals surface area contributed by atoms with E-state index in [1.807, 2.05) is 18.5 Å². The standard InChI is InChI=1S/C30H32N6O4.ClH/c1-2-23(19-7-9-20(10-8-19)34-17-13-21(14-18-34)35-16-4-15-31-35)32-24-6-3-5-22-27(24)30(40)36(29(22)39)25-11-12-26(37)33-28(25)38;/h3-10,15-16,21,23,25,32H,2,11-14,17-18H2,1H3,(H,33,37,38);1H. The highest BCUT2D eigenvalue weighted by Crippen LogP contribution is 2.35. The van der Waals surface area contributed by atoms with Crippen LogP contribution in [0.3, 0.4) is 0 Å². The average Bonchev–Trinajstić information content (AvgIpc) is 3.60. The zero-order valence-corrected chi connectivity index (χ0v) is 23.6. The molecule has 3 aromatic rings. The molecular formula is C30H33ClN6O4. The number of amides is 4. The molecule has 0 spiro atoms. The van der Waals surface area contributed by atoms with E-state index in [9.17, 15) is 19.2 Å². The molecule has 11 heteroatoms. The number of hydrogen-bond donors (Lipinski definition) is 2. The lowest BCUT2D eigenvalue weighted by Crippen LogP contribution is -2.54. The van der Waals surface area contributed by atoms with Crippen LogP contribution in [0.25, 0.3) is 0 Å². The van der Waals surface area contributed by atoms with Crippen LogP contribution in [-0.4, -0.2) is 57.4 Å². The number of benzene rings is 2. The summed E-state index contributed by atoms with van der Waals surface area (Å²) in [6.07, 6.45) is 6.93. The molecule has 214 valence electrons. The molecule has 2 fully saturated rings. The average molecular weight is 577 g/mol. The Labute approximate surface area is 244 Å². The van der Waals surface area contributed by atoms with Crippen LogP contribution in [0.15, 0.2) is 60.9 Å². The monoisotopic (exact) mass is 576 g/mol. The van der Waals surface area contributed by atoms with Crippen LogP contribution in [0.1, 0.15) is 77.4 Å². The van der Waals surface area contributed by atoms with E-state index in [-0.39, 0.29) is 42.4 Å². The van der Waals surface area contributed by atoms with E-state index in [1.54, 1.807) is 18.2 Å². The van der Waals surface area contributed by atoms with Crippen molar-refractivity contribution < 1.29 is 19.2 Å². The Morgan fingerprint density at radius 3 is 2.39 bits per heavy atom. The molecular weight excluding hydrogens is 544 g/mol. The molecule has 4 amide bonds. The van der Waals surface area contributed by atoms with E-state index in [0.717, 1.165) is 42.8 Å². The van der Waals surface area contributed by atoms with Crippen LogP contribution < -0.4 is 15.5 Å². The molecule has 0 bridgehead atoms. The van der Waals surface area contributed by atoms with Crippen LogP contribution in [-0.2, 0) is 9.59 Å². The van der Waals surface area contributed by atoms with Crippen LogP contribution in [0, 0.1) is 0 Å². The third kappa shape index (κ3) is 5.31. The SMILES string of the molecule is CCC(Nc1cccc2c1C(=O)N(C1CCC(=O)NC1=O)C2=O)c1ccc(N2CCC(n3cccn3)CC2)cc1.Cl. The highest BCUT2D eigenvalue weighted by molar-refractivity contribution is 6.25. The summed E-state index contributed by atoms with van der Waals surface area (Å²) >= 11 is 0. The van der Waals surface area contributed by atoms with Gasteiger partial charge in [0, 0.05) is 43.3 Å². The van der Waals surface area contributed by atoms with Crippen molar-refractivity contribution in [3.05, 3.63) is 77.6 Å². The van der Waals surface area contributed by atoms with E-state index < -0.39 is 29.7 Å². The Kier molecular flexibility index (Phi) is 8.12. The maximum atomic E-state index is 13.5. The molecule has 10 nitrogen and oxygen atoms in total. The van der Waals surface area contributed by atoms with Crippen molar-refractivity contribution in [1.82, 2.24) is 20.0 Å². The fourth-order valence-corrected chi connectivity index (χ4v) is 6.05. The lowest BCUT2D eigenvalue weighted by Gasteiger charge is -2.34. The number of imide groups is 2. The number of hydrogen-bond acceptors (Lipinski definition) is 7. The topological polar surface area (TPSA) is 117 Å². The van der Waals surface area contributed by atoms with E-state index in [0.29, 0.717) is 11.7 Å². The van der Waals surface area contributed by atoms with E-state index >= 15 is 0 Å². The molecule has 0 radical (unpaired) electrons. The van der Waals surface area contributed by atoms with Crippen LogP contribution in [0.5, 0.6) is 0 Å². The lowest BCUT2D eigenvalue weighted by molar-refractivity contribution is -0.136. The van der Waals surface area contributed by atoms with Gasteiger partial charge in [0.05, 0.1) is 23.2 Å². The molecule has 0 saturated carbocycles. The first-order valence-electron chi connectivity index (χ1n) is 13.9. The van der Waals surface area contributed by atoms with Crippen molar-refractivity contribution in [2.75, 3.05) is 23.3 Å². The second-order valence-corrected chi connectivity index (χ2v) is 10.6. The summed E-state index contributed by atoms with van der Waals surface area (Å²) < 4.78 is 2.06. The molecule has 2 N–H and O–H groups in total. The van der Waals surface area contributed by atoms with Crippen molar-refractivity contribution in [3.8, 4) is 0 Å². The number of nitrogens with one attached hydrogen (secondary N) is 2. The Morgan fingerprint density at radius 1 is 0.976 bits per heavy atom. The van der Waals surface area contributed by atoms with Crippen molar-refractivity contribution >= 4 is 47.4 Å². The summed E-state index contributed by atoms with van der Waals surface area (Å²) in [7, 11) is 0. The first kappa shape index (κ1) is 28.4. The normalized spacial score (nSPS) is 20.0. The van der Waals surface area contributed by atoms with Crippen LogP contribution in [0.4, 0.5) is 11.4 Å². The lowest BCUT2D eigenvalue weighted by atomic mass is 10.0. The van der Waals surface area contributed by atoms with Gasteiger partial charge in [-0.15, -0.1) is 12.4 Å². The zero-order valence-electron chi connectivity index (χ0n) is 22.8. The molecule has 2 unspecified atom stereocenters. The summed E-state index contributed by atoms with van der Waals surface area (Å²) in [6.45, 7) is 4.00. The summed E-state index contributed by atoms with van der Waals surface area (Å²) in [4.78, 5) is 54.1. The third-order valence-corrected chi connectivity index (χ3v) is 8.23. The van der Waals surface area contributed by atoms with Gasteiger partial charge in [0.1, 0.15) is 6.04 Å². The number of nitrogens with zero attached hydrogens (tertiary/aromatic N) is 4. The van der Waals surface area contributed by atoms with Gasteiger partial charge >= 0.3 is 0 Å². The quantitative estimate of drug-likeness (QED) is 0.407. The van der Waals surface area contributed by atoms with E-state index in [2.05, 4.69) is 56.5 Å². The number of halogens is 1. The first-order valence-corrected chi connectivity index (χ1v) is 13.9. The van der Waals surface area contributed by atoms with Gasteiger partial charge in [-0.25, -0.2) is 0 Å².